The molecule has 1 heterocycles. The number of nitrogens with zero attached hydrogens (tertiary/aromatic N) is 1. The Labute approximate surface area is 128 Å². The van der Waals surface area contributed by atoms with Crippen LogP contribution in [0.2, 0.25) is 0 Å². The first-order valence-electron chi connectivity index (χ1n) is 6.22. The third-order valence-electron chi connectivity index (χ3n) is 3.14. The molecule has 0 spiro atoms. The van der Waals surface area contributed by atoms with Gasteiger partial charge in [-0.3, -0.25) is 0 Å². The molecule has 21 heavy (non-hydrogen) atoms. The zero-order valence-corrected chi connectivity index (χ0v) is 12.4. The lowest BCUT2D eigenvalue weighted by molar-refractivity contribution is 0.302. The second-order valence-electron chi connectivity index (χ2n) is 4.53. The summed E-state index contributed by atoms with van der Waals surface area (Å²) in [5, 5.41) is 12.0. The molecule has 108 valence electrons. The van der Waals surface area contributed by atoms with Crippen molar-refractivity contribution < 1.29 is 19.1 Å². The van der Waals surface area contributed by atoms with Gasteiger partial charge in [-0.25, -0.2) is 4.39 Å². The van der Waals surface area contributed by atoms with E-state index in [9.17, 15) is 4.39 Å². The summed E-state index contributed by atoms with van der Waals surface area (Å²) in [6, 6.07) is 10.0. The van der Waals surface area contributed by atoms with E-state index < -0.39 is 0 Å². The summed E-state index contributed by atoms with van der Waals surface area (Å²) in [6.07, 6.45) is 0. The van der Waals surface area contributed by atoms with Crippen molar-refractivity contribution in [3.63, 3.8) is 0 Å². The van der Waals surface area contributed by atoms with Gasteiger partial charge in [0, 0.05) is 11.6 Å². The fraction of sp³-hybridized carbons (Fsp3) is 0.133. The molecule has 0 amide bonds. The van der Waals surface area contributed by atoms with Crippen LogP contribution < -0.4 is 9.47 Å². The van der Waals surface area contributed by atoms with Crippen LogP contribution in [-0.2, 0) is 6.61 Å². The van der Waals surface area contributed by atoms with Gasteiger partial charge in [-0.1, -0.05) is 11.2 Å². The van der Waals surface area contributed by atoms with Gasteiger partial charge in [-0.05, 0) is 45.8 Å². The van der Waals surface area contributed by atoms with Gasteiger partial charge in [0.1, 0.15) is 36.2 Å². The van der Waals surface area contributed by atoms with E-state index in [0.29, 0.717) is 28.3 Å². The van der Waals surface area contributed by atoms with Crippen LogP contribution in [0.25, 0.3) is 0 Å². The first-order chi connectivity index (χ1) is 10.2. The zero-order valence-electron chi connectivity index (χ0n) is 10.8. The van der Waals surface area contributed by atoms with Gasteiger partial charge in [-0.15, -0.1) is 0 Å². The van der Waals surface area contributed by atoms with Gasteiger partial charge in [-0.2, -0.15) is 0 Å². The molecule has 0 radical (unpaired) electrons. The Bertz CT molecular complexity index is 718. The number of hydrogen-bond donors (Lipinski definition) is 1. The van der Waals surface area contributed by atoms with Crippen molar-refractivity contribution in [2.45, 2.75) is 6.61 Å². The minimum atomic E-state index is -0.305. The molecule has 2 aromatic rings. The second-order valence-corrected chi connectivity index (χ2v) is 5.38. The maximum absolute atomic E-state index is 13.1. The molecule has 6 heteroatoms. The third-order valence-corrected chi connectivity index (χ3v) is 3.75. The van der Waals surface area contributed by atoms with Gasteiger partial charge >= 0.3 is 0 Å². The topological polar surface area (TPSA) is 51.1 Å². The summed E-state index contributed by atoms with van der Waals surface area (Å²) in [5.74, 6) is 0.953. The van der Waals surface area contributed by atoms with Gasteiger partial charge in [0.15, 0.2) is 0 Å². The molecule has 1 aliphatic rings. The van der Waals surface area contributed by atoms with E-state index in [-0.39, 0.29) is 12.4 Å². The van der Waals surface area contributed by atoms with Crippen molar-refractivity contribution in [3.8, 4) is 11.5 Å². The van der Waals surface area contributed by atoms with Crippen LogP contribution in [0.1, 0.15) is 11.1 Å². The molecule has 1 aliphatic heterocycles. The monoisotopic (exact) mass is 351 g/mol. The summed E-state index contributed by atoms with van der Waals surface area (Å²) in [7, 11) is 0. The van der Waals surface area contributed by atoms with Crippen molar-refractivity contribution in [1.82, 2.24) is 0 Å². The van der Waals surface area contributed by atoms with Gasteiger partial charge in [0.25, 0.3) is 0 Å². The number of ether oxygens (including phenoxy) is 2. The highest BCUT2D eigenvalue weighted by Crippen LogP contribution is 2.30. The first-order valence-corrected chi connectivity index (χ1v) is 7.01. The van der Waals surface area contributed by atoms with E-state index in [2.05, 4.69) is 21.1 Å². The summed E-state index contributed by atoms with van der Waals surface area (Å²) in [4.78, 5) is 0. The highest BCUT2D eigenvalue weighted by molar-refractivity contribution is 9.10. The van der Waals surface area contributed by atoms with Crippen molar-refractivity contribution >= 4 is 21.6 Å². The predicted octanol–water partition coefficient (Wildman–Crippen LogP) is 3.74. The Balaban J connectivity index is 1.73. The Kier molecular flexibility index (Phi) is 3.79. The molecule has 0 bridgehead atoms. The minimum Gasteiger partial charge on any atom is -0.489 e. The Morgan fingerprint density at radius 1 is 1.29 bits per heavy atom. The molecule has 0 aliphatic carbocycles. The highest BCUT2D eigenvalue weighted by atomic mass is 79.9. The zero-order chi connectivity index (χ0) is 14.8. The van der Waals surface area contributed by atoms with E-state index in [1.807, 2.05) is 0 Å². The van der Waals surface area contributed by atoms with Crippen LogP contribution in [-0.4, -0.2) is 17.5 Å². The second kappa shape index (κ2) is 5.73. The number of fused-ring (bicyclic) bond motifs is 1. The molecule has 0 saturated heterocycles. The number of halogens is 2. The number of oxime groups is 1. The normalized spacial score (nSPS) is 14.9. The van der Waals surface area contributed by atoms with E-state index in [1.54, 1.807) is 30.3 Å². The molecule has 0 aromatic heterocycles. The molecular formula is C15H11BrFNO3. The van der Waals surface area contributed by atoms with E-state index >= 15 is 0 Å². The number of rotatable bonds is 3. The minimum absolute atomic E-state index is 0.250. The maximum Gasteiger partial charge on any atom is 0.137 e. The summed E-state index contributed by atoms with van der Waals surface area (Å²) in [6.45, 7) is 0.568. The molecule has 0 fully saturated rings. The first kappa shape index (κ1) is 13.9. The fourth-order valence-corrected chi connectivity index (χ4v) is 2.48. The average Bonchev–Trinajstić information content (AvgIpc) is 2.90. The molecule has 0 unspecified atom stereocenters. The van der Waals surface area contributed by atoms with Crippen LogP contribution in [0, 0.1) is 5.82 Å². The molecule has 1 N–H and O–H groups in total. The van der Waals surface area contributed by atoms with Gasteiger partial charge < -0.3 is 14.7 Å². The fourth-order valence-electron chi connectivity index (χ4n) is 2.05. The van der Waals surface area contributed by atoms with Crippen LogP contribution in [0.5, 0.6) is 11.5 Å². The Hall–Kier alpha value is -2.08. The van der Waals surface area contributed by atoms with E-state index in [4.69, 9.17) is 14.7 Å². The molecule has 0 saturated carbocycles. The Morgan fingerprint density at radius 2 is 2.14 bits per heavy atom. The van der Waals surface area contributed by atoms with Crippen molar-refractivity contribution in [3.05, 3.63) is 57.8 Å². The quantitative estimate of drug-likeness (QED) is 0.676. The lowest BCUT2D eigenvalue weighted by Crippen LogP contribution is -2.01. The highest BCUT2D eigenvalue weighted by Gasteiger charge is 2.20. The lowest BCUT2D eigenvalue weighted by atomic mass is 10.1. The summed E-state index contributed by atoms with van der Waals surface area (Å²) >= 11 is 3.14. The van der Waals surface area contributed by atoms with Crippen molar-refractivity contribution in [2.75, 3.05) is 6.61 Å². The van der Waals surface area contributed by atoms with E-state index in [0.717, 1.165) is 11.1 Å². The standard InChI is InChI=1S/C15H11BrFNO3/c16-12-5-9(1-4-13(12)17)7-20-10-2-3-11-14(18-19)8-21-15(11)6-10/h1-6,19H,7-8H2. The maximum atomic E-state index is 13.1. The van der Waals surface area contributed by atoms with Crippen LogP contribution in [0.15, 0.2) is 46.0 Å². The summed E-state index contributed by atoms with van der Waals surface area (Å²) in [5.41, 5.74) is 2.11. The van der Waals surface area contributed by atoms with Crippen molar-refractivity contribution in [1.29, 1.82) is 0 Å². The summed E-state index contributed by atoms with van der Waals surface area (Å²) < 4.78 is 24.6. The van der Waals surface area contributed by atoms with E-state index in [1.165, 1.54) is 6.07 Å². The van der Waals surface area contributed by atoms with Crippen molar-refractivity contribution in [2.24, 2.45) is 5.16 Å². The molecule has 4 nitrogen and oxygen atoms in total. The number of hydrogen-bond acceptors (Lipinski definition) is 4. The smallest absolute Gasteiger partial charge is 0.137 e. The lowest BCUT2D eigenvalue weighted by Gasteiger charge is -2.08. The SMILES string of the molecule is ON=C1COc2cc(OCc3ccc(F)c(Br)c3)ccc21. The largest absolute Gasteiger partial charge is 0.489 e. The predicted molar refractivity (Wildman–Crippen MR) is 78.7 cm³/mol. The average molecular weight is 352 g/mol. The molecule has 2 aromatic carbocycles. The van der Waals surface area contributed by atoms with Crippen LogP contribution in [0.4, 0.5) is 4.39 Å². The van der Waals surface area contributed by atoms with Gasteiger partial charge in [0.2, 0.25) is 0 Å². The van der Waals surface area contributed by atoms with Crippen LogP contribution in [0.3, 0.4) is 0 Å². The molecule has 3 rings (SSSR count). The Morgan fingerprint density at radius 3 is 2.90 bits per heavy atom. The third kappa shape index (κ3) is 2.85. The van der Waals surface area contributed by atoms with Crippen LogP contribution >= 0.6 is 15.9 Å². The molecule has 0 atom stereocenters. The number of benzene rings is 2. The van der Waals surface area contributed by atoms with Gasteiger partial charge in [0.05, 0.1) is 4.47 Å². The molecular weight excluding hydrogens is 341 g/mol.